The van der Waals surface area contributed by atoms with Crippen molar-refractivity contribution in [1.82, 2.24) is 10.2 Å². The van der Waals surface area contributed by atoms with Crippen LogP contribution in [0.15, 0.2) is 0 Å². The first-order chi connectivity index (χ1) is 9.85. The first-order valence-electron chi connectivity index (χ1n) is 8.52. The summed E-state index contributed by atoms with van der Waals surface area (Å²) < 4.78 is 5.23. The molecule has 0 heterocycles. The normalized spacial score (nSPS) is 13.5. The molecule has 1 N–H and O–H groups in total. The van der Waals surface area contributed by atoms with E-state index in [-0.39, 0.29) is 18.1 Å². The quantitative estimate of drug-likeness (QED) is 0.595. The summed E-state index contributed by atoms with van der Waals surface area (Å²) in [7, 11) is 0. The molecule has 4 nitrogen and oxygen atoms in total. The Morgan fingerprint density at radius 3 is 2.00 bits per heavy atom. The van der Waals surface area contributed by atoms with Crippen LogP contribution < -0.4 is 5.32 Å². The number of carbonyl (C=O) groups excluding carboxylic acids is 1. The summed E-state index contributed by atoms with van der Waals surface area (Å²) in [5, 5.41) is 3.35. The van der Waals surface area contributed by atoms with E-state index in [0.717, 1.165) is 25.9 Å². The summed E-state index contributed by atoms with van der Waals surface area (Å²) in [6.07, 6.45) is 2.22. The minimum absolute atomic E-state index is 0.133. The number of carbonyl (C=O) groups is 1. The molecule has 21 heavy (non-hydrogen) atoms. The summed E-state index contributed by atoms with van der Waals surface area (Å²) in [6.45, 7) is 17.1. The van der Waals surface area contributed by atoms with Crippen molar-refractivity contribution in [2.24, 2.45) is 5.92 Å². The maximum atomic E-state index is 12.2. The van der Waals surface area contributed by atoms with Gasteiger partial charge in [-0.15, -0.1) is 0 Å². The zero-order valence-corrected chi connectivity index (χ0v) is 15.1. The van der Waals surface area contributed by atoms with Crippen LogP contribution in [-0.2, 0) is 9.53 Å². The van der Waals surface area contributed by atoms with E-state index < -0.39 is 0 Å². The van der Waals surface area contributed by atoms with Gasteiger partial charge < -0.3 is 10.1 Å². The topological polar surface area (TPSA) is 41.6 Å². The fourth-order valence-electron chi connectivity index (χ4n) is 2.72. The number of nitrogens with one attached hydrogen (secondary N) is 1. The van der Waals surface area contributed by atoms with E-state index in [1.54, 1.807) is 0 Å². The summed E-state index contributed by atoms with van der Waals surface area (Å²) in [4.78, 5) is 14.6. The van der Waals surface area contributed by atoms with Gasteiger partial charge >= 0.3 is 5.97 Å². The van der Waals surface area contributed by atoms with E-state index in [1.165, 1.54) is 0 Å². The van der Waals surface area contributed by atoms with Crippen molar-refractivity contribution in [3.05, 3.63) is 0 Å². The molecule has 126 valence electrons. The number of hydrogen-bond acceptors (Lipinski definition) is 4. The van der Waals surface area contributed by atoms with E-state index in [2.05, 4.69) is 51.8 Å². The Bertz CT molecular complexity index is 276. The fraction of sp³-hybridized carbons (Fsp3) is 0.941. The van der Waals surface area contributed by atoms with Crippen LogP contribution >= 0.6 is 0 Å². The maximum absolute atomic E-state index is 12.2. The Labute approximate surface area is 131 Å². The van der Waals surface area contributed by atoms with Crippen molar-refractivity contribution in [2.75, 3.05) is 19.7 Å². The van der Waals surface area contributed by atoms with Crippen LogP contribution in [0.25, 0.3) is 0 Å². The highest BCUT2D eigenvalue weighted by molar-refractivity contribution is 5.76. The Morgan fingerprint density at radius 1 is 1.05 bits per heavy atom. The lowest BCUT2D eigenvalue weighted by molar-refractivity contribution is -0.146. The molecule has 1 unspecified atom stereocenters. The molecule has 0 aromatic carbocycles. The van der Waals surface area contributed by atoms with Crippen LogP contribution in [0, 0.1) is 5.92 Å². The molecule has 4 heteroatoms. The lowest BCUT2D eigenvalue weighted by atomic mass is 10.1. The molecule has 0 saturated carbocycles. The van der Waals surface area contributed by atoms with Gasteiger partial charge in [0.25, 0.3) is 0 Å². The molecule has 0 aromatic heterocycles. The highest BCUT2D eigenvalue weighted by Crippen LogP contribution is 2.13. The van der Waals surface area contributed by atoms with Gasteiger partial charge in [-0.1, -0.05) is 41.5 Å². The minimum Gasteiger partial charge on any atom is -0.465 e. The number of hydrogen-bond donors (Lipinski definition) is 1. The van der Waals surface area contributed by atoms with Crippen molar-refractivity contribution in [3.63, 3.8) is 0 Å². The third-order valence-electron chi connectivity index (χ3n) is 3.58. The summed E-state index contributed by atoms with van der Waals surface area (Å²) in [6, 6.07) is 0.546. The van der Waals surface area contributed by atoms with Crippen LogP contribution in [0.5, 0.6) is 0 Å². The van der Waals surface area contributed by atoms with Crippen molar-refractivity contribution in [3.8, 4) is 0 Å². The summed E-state index contributed by atoms with van der Waals surface area (Å²) >= 11 is 0. The van der Waals surface area contributed by atoms with E-state index in [4.69, 9.17) is 4.74 Å². The molecule has 0 aromatic rings. The molecule has 0 aliphatic heterocycles. The fourth-order valence-corrected chi connectivity index (χ4v) is 2.72. The van der Waals surface area contributed by atoms with Crippen molar-refractivity contribution < 1.29 is 9.53 Å². The molecule has 0 rings (SSSR count). The number of ether oxygens (including phenoxy) is 1. The van der Waals surface area contributed by atoms with Crippen molar-refractivity contribution in [1.29, 1.82) is 0 Å². The lowest BCUT2D eigenvalue weighted by Crippen LogP contribution is -2.52. The molecule has 0 saturated heterocycles. The standard InChI is InChI=1S/C17H36N2O2/c1-8-15(9-2)19(11-13(4)5)12-16(18-14(6)7)17(20)21-10-3/h13-16,18H,8-12H2,1-7H3. The Morgan fingerprint density at radius 2 is 1.62 bits per heavy atom. The second-order valence-corrected chi connectivity index (χ2v) is 6.44. The van der Waals surface area contributed by atoms with Crippen LogP contribution in [0.1, 0.15) is 61.3 Å². The van der Waals surface area contributed by atoms with Gasteiger partial charge in [-0.3, -0.25) is 9.69 Å². The highest BCUT2D eigenvalue weighted by Gasteiger charge is 2.26. The van der Waals surface area contributed by atoms with E-state index in [9.17, 15) is 4.79 Å². The average Bonchev–Trinajstić information content (AvgIpc) is 2.38. The predicted molar refractivity (Wildman–Crippen MR) is 89.5 cm³/mol. The molecule has 0 aliphatic carbocycles. The van der Waals surface area contributed by atoms with Gasteiger partial charge in [0.15, 0.2) is 0 Å². The third kappa shape index (κ3) is 8.42. The SMILES string of the molecule is CCOC(=O)C(CN(CC(C)C)C(CC)CC)NC(C)C. The molecular formula is C17H36N2O2. The Hall–Kier alpha value is -0.610. The predicted octanol–water partition coefficient (Wildman–Crippen LogP) is 3.06. The average molecular weight is 300 g/mol. The first-order valence-corrected chi connectivity index (χ1v) is 8.52. The molecule has 0 spiro atoms. The molecule has 0 bridgehead atoms. The van der Waals surface area contributed by atoms with E-state index in [0.29, 0.717) is 18.6 Å². The smallest absolute Gasteiger partial charge is 0.324 e. The second kappa shape index (κ2) is 11.0. The van der Waals surface area contributed by atoms with Crippen LogP contribution in [0.4, 0.5) is 0 Å². The number of esters is 1. The zero-order chi connectivity index (χ0) is 16.4. The molecule has 0 fully saturated rings. The minimum atomic E-state index is -0.246. The largest absolute Gasteiger partial charge is 0.465 e. The van der Waals surface area contributed by atoms with Crippen molar-refractivity contribution in [2.45, 2.75) is 79.4 Å². The first kappa shape index (κ1) is 20.4. The van der Waals surface area contributed by atoms with Gasteiger partial charge in [0.05, 0.1) is 6.61 Å². The Balaban J connectivity index is 4.95. The third-order valence-corrected chi connectivity index (χ3v) is 3.58. The van der Waals surface area contributed by atoms with Gasteiger partial charge in [0.1, 0.15) is 6.04 Å². The van der Waals surface area contributed by atoms with Gasteiger partial charge in [-0.05, 0) is 25.7 Å². The van der Waals surface area contributed by atoms with E-state index >= 15 is 0 Å². The molecule has 1 atom stereocenters. The lowest BCUT2D eigenvalue weighted by Gasteiger charge is -2.35. The highest BCUT2D eigenvalue weighted by atomic mass is 16.5. The van der Waals surface area contributed by atoms with Crippen molar-refractivity contribution >= 4 is 5.97 Å². The van der Waals surface area contributed by atoms with Gasteiger partial charge in [0, 0.05) is 25.2 Å². The second-order valence-electron chi connectivity index (χ2n) is 6.44. The zero-order valence-electron chi connectivity index (χ0n) is 15.1. The van der Waals surface area contributed by atoms with E-state index in [1.807, 2.05) is 6.92 Å². The van der Waals surface area contributed by atoms with Crippen LogP contribution in [0.2, 0.25) is 0 Å². The van der Waals surface area contributed by atoms with Gasteiger partial charge in [0.2, 0.25) is 0 Å². The maximum Gasteiger partial charge on any atom is 0.324 e. The van der Waals surface area contributed by atoms with Crippen LogP contribution in [-0.4, -0.2) is 48.7 Å². The Kier molecular flexibility index (Phi) is 10.7. The molecule has 0 radical (unpaired) electrons. The summed E-state index contributed by atoms with van der Waals surface area (Å²) in [5.74, 6) is 0.457. The monoisotopic (exact) mass is 300 g/mol. The molecule has 0 aliphatic rings. The molecule has 0 amide bonds. The number of nitrogens with zero attached hydrogens (tertiary/aromatic N) is 1. The van der Waals surface area contributed by atoms with Gasteiger partial charge in [-0.25, -0.2) is 0 Å². The molecular weight excluding hydrogens is 264 g/mol. The van der Waals surface area contributed by atoms with Gasteiger partial charge in [-0.2, -0.15) is 0 Å². The summed E-state index contributed by atoms with van der Waals surface area (Å²) in [5.41, 5.74) is 0. The van der Waals surface area contributed by atoms with Crippen LogP contribution in [0.3, 0.4) is 0 Å². The number of rotatable bonds is 11.